The molecule has 1 heterocycles. The van der Waals surface area contributed by atoms with Crippen molar-refractivity contribution in [3.05, 3.63) is 24.3 Å². The Morgan fingerprint density at radius 3 is 2.65 bits per heavy atom. The number of nitrogens with one attached hydrogen (secondary N) is 1. The standard InChI is InChI=1S/C17H26N2O3.ClH/c1-2-21-15-7-3-4-8-16(15)22-14-5-9-17(20)19-12-6-10-18-11-13-19;/h3-4,7-8,18H,2,5-6,9-14H2,1H3;1H. The number of halogens is 1. The molecule has 1 aliphatic heterocycles. The maximum atomic E-state index is 12.1. The number of ether oxygens (including phenoxy) is 2. The van der Waals surface area contributed by atoms with Gasteiger partial charge in [-0.2, -0.15) is 0 Å². The molecule has 1 N–H and O–H groups in total. The summed E-state index contributed by atoms with van der Waals surface area (Å²) in [5.74, 6) is 1.73. The Morgan fingerprint density at radius 2 is 1.91 bits per heavy atom. The predicted molar refractivity (Wildman–Crippen MR) is 93.7 cm³/mol. The first kappa shape index (κ1) is 19.6. The van der Waals surface area contributed by atoms with E-state index in [0.29, 0.717) is 19.6 Å². The van der Waals surface area contributed by atoms with Gasteiger partial charge in [0.25, 0.3) is 0 Å². The number of amides is 1. The van der Waals surface area contributed by atoms with Crippen molar-refractivity contribution in [3.63, 3.8) is 0 Å². The SMILES string of the molecule is CCOc1ccccc1OCCCC(=O)N1CCCNCC1.Cl. The second-order valence-corrected chi connectivity index (χ2v) is 5.32. The number of carbonyl (C=O) groups is 1. The number of para-hydroxylation sites is 2. The number of hydrogen-bond acceptors (Lipinski definition) is 4. The first-order valence-electron chi connectivity index (χ1n) is 8.14. The fourth-order valence-electron chi connectivity index (χ4n) is 2.50. The molecule has 23 heavy (non-hydrogen) atoms. The molecule has 6 heteroatoms. The minimum Gasteiger partial charge on any atom is -0.490 e. The summed E-state index contributed by atoms with van der Waals surface area (Å²) in [5, 5.41) is 3.31. The summed E-state index contributed by atoms with van der Waals surface area (Å²) in [6.07, 6.45) is 2.30. The summed E-state index contributed by atoms with van der Waals surface area (Å²) in [6, 6.07) is 7.64. The highest BCUT2D eigenvalue weighted by Gasteiger charge is 2.14. The number of benzene rings is 1. The van der Waals surface area contributed by atoms with Crippen LogP contribution in [0.2, 0.25) is 0 Å². The van der Waals surface area contributed by atoms with E-state index in [1.807, 2.05) is 36.1 Å². The molecule has 0 spiro atoms. The Labute approximate surface area is 144 Å². The number of rotatable bonds is 7. The van der Waals surface area contributed by atoms with Crippen LogP contribution in [0.3, 0.4) is 0 Å². The Balaban J connectivity index is 0.00000264. The van der Waals surface area contributed by atoms with E-state index >= 15 is 0 Å². The molecular formula is C17H27ClN2O3. The van der Waals surface area contributed by atoms with Crippen LogP contribution in [-0.4, -0.2) is 50.2 Å². The molecule has 1 aliphatic rings. The summed E-state index contributed by atoms with van der Waals surface area (Å²) in [6.45, 7) is 6.66. The third kappa shape index (κ3) is 6.67. The van der Waals surface area contributed by atoms with E-state index in [2.05, 4.69) is 5.32 Å². The molecule has 130 valence electrons. The van der Waals surface area contributed by atoms with E-state index in [4.69, 9.17) is 9.47 Å². The van der Waals surface area contributed by atoms with Gasteiger partial charge >= 0.3 is 0 Å². The lowest BCUT2D eigenvalue weighted by molar-refractivity contribution is -0.131. The van der Waals surface area contributed by atoms with Crippen molar-refractivity contribution < 1.29 is 14.3 Å². The van der Waals surface area contributed by atoms with Crippen molar-refractivity contribution in [2.45, 2.75) is 26.2 Å². The summed E-state index contributed by atoms with van der Waals surface area (Å²) < 4.78 is 11.3. The van der Waals surface area contributed by atoms with Crippen molar-refractivity contribution in [2.75, 3.05) is 39.4 Å². The largest absolute Gasteiger partial charge is 0.490 e. The molecule has 1 aromatic carbocycles. The Kier molecular flexibility index (Phi) is 9.48. The van der Waals surface area contributed by atoms with Crippen molar-refractivity contribution in [1.82, 2.24) is 10.2 Å². The fourth-order valence-corrected chi connectivity index (χ4v) is 2.50. The van der Waals surface area contributed by atoms with Crippen LogP contribution < -0.4 is 14.8 Å². The molecule has 1 saturated heterocycles. The van der Waals surface area contributed by atoms with Gasteiger partial charge in [-0.05, 0) is 38.4 Å². The van der Waals surface area contributed by atoms with Crippen LogP contribution >= 0.6 is 12.4 Å². The average molecular weight is 343 g/mol. The zero-order valence-corrected chi connectivity index (χ0v) is 14.6. The average Bonchev–Trinajstić information content (AvgIpc) is 2.82. The van der Waals surface area contributed by atoms with Crippen LogP contribution in [-0.2, 0) is 4.79 Å². The molecule has 5 nitrogen and oxygen atoms in total. The van der Waals surface area contributed by atoms with Gasteiger partial charge in [-0.25, -0.2) is 0 Å². The van der Waals surface area contributed by atoms with Gasteiger partial charge in [0.1, 0.15) is 0 Å². The van der Waals surface area contributed by atoms with Crippen LogP contribution in [0.1, 0.15) is 26.2 Å². The van der Waals surface area contributed by atoms with Crippen LogP contribution in [0.15, 0.2) is 24.3 Å². The Hall–Kier alpha value is -1.46. The van der Waals surface area contributed by atoms with Crippen molar-refractivity contribution in [2.24, 2.45) is 0 Å². The minimum atomic E-state index is 0. The smallest absolute Gasteiger partial charge is 0.222 e. The highest BCUT2D eigenvalue weighted by molar-refractivity contribution is 5.85. The third-order valence-electron chi connectivity index (χ3n) is 3.63. The van der Waals surface area contributed by atoms with Crippen LogP contribution in [0.4, 0.5) is 0 Å². The molecule has 1 amide bonds. The normalized spacial score (nSPS) is 14.6. The molecule has 2 rings (SSSR count). The maximum absolute atomic E-state index is 12.1. The van der Waals surface area contributed by atoms with E-state index in [1.165, 1.54) is 0 Å². The molecule has 0 atom stereocenters. The van der Waals surface area contributed by atoms with Gasteiger partial charge in [0.05, 0.1) is 13.2 Å². The Bertz CT molecular complexity index is 463. The molecular weight excluding hydrogens is 316 g/mol. The molecule has 0 saturated carbocycles. The topological polar surface area (TPSA) is 50.8 Å². The van der Waals surface area contributed by atoms with Crippen molar-refractivity contribution >= 4 is 18.3 Å². The van der Waals surface area contributed by atoms with Crippen LogP contribution in [0.5, 0.6) is 11.5 Å². The van der Waals surface area contributed by atoms with Gasteiger partial charge in [0.2, 0.25) is 5.91 Å². The summed E-state index contributed by atoms with van der Waals surface area (Å²) in [7, 11) is 0. The molecule has 0 radical (unpaired) electrons. The summed E-state index contributed by atoms with van der Waals surface area (Å²) in [5.41, 5.74) is 0. The lowest BCUT2D eigenvalue weighted by Crippen LogP contribution is -2.34. The van der Waals surface area contributed by atoms with E-state index in [0.717, 1.165) is 50.5 Å². The van der Waals surface area contributed by atoms with E-state index < -0.39 is 0 Å². The maximum Gasteiger partial charge on any atom is 0.222 e. The first-order chi connectivity index (χ1) is 10.8. The molecule has 1 aromatic rings. The zero-order chi connectivity index (χ0) is 15.6. The fraction of sp³-hybridized carbons (Fsp3) is 0.588. The van der Waals surface area contributed by atoms with Gasteiger partial charge in [0, 0.05) is 26.1 Å². The molecule has 0 aliphatic carbocycles. The highest BCUT2D eigenvalue weighted by atomic mass is 35.5. The van der Waals surface area contributed by atoms with E-state index in [1.54, 1.807) is 0 Å². The van der Waals surface area contributed by atoms with E-state index in [-0.39, 0.29) is 18.3 Å². The lowest BCUT2D eigenvalue weighted by atomic mass is 10.2. The van der Waals surface area contributed by atoms with Gasteiger partial charge in [-0.1, -0.05) is 12.1 Å². The second-order valence-electron chi connectivity index (χ2n) is 5.32. The lowest BCUT2D eigenvalue weighted by Gasteiger charge is -2.20. The monoisotopic (exact) mass is 342 g/mol. The Morgan fingerprint density at radius 1 is 1.17 bits per heavy atom. The molecule has 0 bridgehead atoms. The van der Waals surface area contributed by atoms with Gasteiger partial charge in [-0.3, -0.25) is 4.79 Å². The quantitative estimate of drug-likeness (QED) is 0.773. The van der Waals surface area contributed by atoms with Gasteiger partial charge in [-0.15, -0.1) is 12.4 Å². The molecule has 1 fully saturated rings. The first-order valence-corrected chi connectivity index (χ1v) is 8.14. The summed E-state index contributed by atoms with van der Waals surface area (Å²) in [4.78, 5) is 14.1. The predicted octanol–water partition coefficient (Wildman–Crippen LogP) is 2.49. The minimum absolute atomic E-state index is 0. The molecule has 0 unspecified atom stereocenters. The number of hydrogen-bond donors (Lipinski definition) is 1. The van der Waals surface area contributed by atoms with E-state index in [9.17, 15) is 4.79 Å². The highest BCUT2D eigenvalue weighted by Crippen LogP contribution is 2.26. The van der Waals surface area contributed by atoms with Gasteiger partial charge in [0.15, 0.2) is 11.5 Å². The third-order valence-corrected chi connectivity index (χ3v) is 3.63. The van der Waals surface area contributed by atoms with Crippen LogP contribution in [0.25, 0.3) is 0 Å². The number of carbonyl (C=O) groups excluding carboxylic acids is 1. The van der Waals surface area contributed by atoms with Crippen molar-refractivity contribution in [3.8, 4) is 11.5 Å². The number of nitrogens with zero attached hydrogens (tertiary/aromatic N) is 1. The zero-order valence-electron chi connectivity index (χ0n) is 13.8. The van der Waals surface area contributed by atoms with Crippen molar-refractivity contribution in [1.29, 1.82) is 0 Å². The second kappa shape index (κ2) is 11.1. The summed E-state index contributed by atoms with van der Waals surface area (Å²) >= 11 is 0. The van der Waals surface area contributed by atoms with Crippen LogP contribution in [0, 0.1) is 0 Å². The van der Waals surface area contributed by atoms with Gasteiger partial charge < -0.3 is 19.7 Å². The molecule has 0 aromatic heterocycles.